The van der Waals surface area contributed by atoms with E-state index >= 15 is 0 Å². The van der Waals surface area contributed by atoms with Gasteiger partial charge in [0.05, 0.1) is 30.0 Å². The number of aliphatic hydroxyl groups is 2. The molecule has 35 heavy (non-hydrogen) atoms. The van der Waals surface area contributed by atoms with Crippen LogP contribution in [0.4, 0.5) is 16.3 Å². The first-order chi connectivity index (χ1) is 16.6. The van der Waals surface area contributed by atoms with E-state index in [4.69, 9.17) is 15.1 Å². The number of carboxylic acids is 1. The summed E-state index contributed by atoms with van der Waals surface area (Å²) in [5.74, 6) is -0.693. The van der Waals surface area contributed by atoms with Gasteiger partial charge >= 0.3 is 5.97 Å². The Labute approximate surface area is 202 Å². The first kappa shape index (κ1) is 25.9. The van der Waals surface area contributed by atoms with E-state index < -0.39 is 24.6 Å². The number of hydrogen-bond acceptors (Lipinski definition) is 8. The number of carbonyl (C=O) groups is 1. The van der Waals surface area contributed by atoms with Crippen LogP contribution in [0.25, 0.3) is 17.3 Å². The summed E-state index contributed by atoms with van der Waals surface area (Å²) in [6.45, 7) is 3.93. The van der Waals surface area contributed by atoms with Gasteiger partial charge in [-0.1, -0.05) is 26.0 Å². The van der Waals surface area contributed by atoms with Crippen LogP contribution in [-0.4, -0.2) is 65.3 Å². The van der Waals surface area contributed by atoms with Gasteiger partial charge in [0.15, 0.2) is 0 Å². The van der Waals surface area contributed by atoms with E-state index in [9.17, 15) is 19.4 Å². The Balaban J connectivity index is 2.09. The van der Waals surface area contributed by atoms with Gasteiger partial charge in [0, 0.05) is 31.6 Å². The predicted octanol–water partition coefficient (Wildman–Crippen LogP) is 2.90. The van der Waals surface area contributed by atoms with Crippen molar-refractivity contribution in [3.63, 3.8) is 0 Å². The van der Waals surface area contributed by atoms with Crippen molar-refractivity contribution in [2.75, 3.05) is 11.9 Å². The second kappa shape index (κ2) is 11.2. The molecule has 11 heteroatoms. The third kappa shape index (κ3) is 6.46. The summed E-state index contributed by atoms with van der Waals surface area (Å²) in [6.07, 6.45) is 1.66. The SMILES string of the molecule is CC(C)c1nc(N(C)c2ncnn2C)nc(-c2ccc(F)cc2)c1/C=C/[C@@H](O)CC(O)CC(=O)O. The van der Waals surface area contributed by atoms with Crippen LogP contribution in [0, 0.1) is 5.82 Å². The highest BCUT2D eigenvalue weighted by Gasteiger charge is 2.21. The highest BCUT2D eigenvalue weighted by Crippen LogP contribution is 2.32. The molecule has 3 rings (SSSR count). The number of aliphatic hydroxyl groups excluding tert-OH is 2. The summed E-state index contributed by atoms with van der Waals surface area (Å²) in [5, 5.41) is 33.1. The second-order valence-electron chi connectivity index (χ2n) is 8.49. The van der Waals surface area contributed by atoms with E-state index in [1.165, 1.54) is 24.5 Å². The van der Waals surface area contributed by atoms with Crippen molar-refractivity contribution in [3.05, 3.63) is 53.7 Å². The fourth-order valence-electron chi connectivity index (χ4n) is 3.59. The lowest BCUT2D eigenvalue weighted by atomic mass is 9.97. The molecule has 0 radical (unpaired) electrons. The van der Waals surface area contributed by atoms with Crippen LogP contribution in [0.3, 0.4) is 0 Å². The van der Waals surface area contributed by atoms with Crippen LogP contribution in [0.15, 0.2) is 36.7 Å². The van der Waals surface area contributed by atoms with Gasteiger partial charge in [-0.05, 0) is 30.2 Å². The summed E-state index contributed by atoms with van der Waals surface area (Å²) >= 11 is 0. The molecule has 0 bridgehead atoms. The fraction of sp³-hybridized carbons (Fsp3) is 0.375. The molecule has 0 saturated carbocycles. The van der Waals surface area contributed by atoms with E-state index in [-0.39, 0.29) is 18.2 Å². The molecule has 0 spiro atoms. The summed E-state index contributed by atoms with van der Waals surface area (Å²) < 4.78 is 15.2. The number of nitrogens with zero attached hydrogens (tertiary/aromatic N) is 6. The highest BCUT2D eigenvalue weighted by molar-refractivity contribution is 5.75. The van der Waals surface area contributed by atoms with Gasteiger partial charge < -0.3 is 15.3 Å². The Bertz CT molecular complexity index is 1200. The van der Waals surface area contributed by atoms with Gasteiger partial charge in [0.1, 0.15) is 12.1 Å². The van der Waals surface area contributed by atoms with Crippen LogP contribution in [0.2, 0.25) is 0 Å². The molecule has 2 atom stereocenters. The molecule has 0 aliphatic carbocycles. The van der Waals surface area contributed by atoms with Crippen LogP contribution in [0.1, 0.15) is 43.9 Å². The Morgan fingerprint density at radius 2 is 1.89 bits per heavy atom. The maximum absolute atomic E-state index is 13.6. The Hall–Kier alpha value is -3.70. The summed E-state index contributed by atoms with van der Waals surface area (Å²) in [6, 6.07) is 5.89. The number of benzene rings is 1. The van der Waals surface area contributed by atoms with E-state index in [1.807, 2.05) is 13.8 Å². The van der Waals surface area contributed by atoms with Crippen LogP contribution >= 0.6 is 0 Å². The van der Waals surface area contributed by atoms with Crippen molar-refractivity contribution in [2.24, 2.45) is 7.05 Å². The molecular formula is C24H29FN6O4. The lowest BCUT2D eigenvalue weighted by Crippen LogP contribution is -2.20. The monoisotopic (exact) mass is 484 g/mol. The average Bonchev–Trinajstić information content (AvgIpc) is 3.22. The third-order valence-corrected chi connectivity index (χ3v) is 5.32. The maximum atomic E-state index is 13.6. The van der Waals surface area contributed by atoms with Gasteiger partial charge in [0.25, 0.3) is 0 Å². The average molecular weight is 485 g/mol. The number of anilines is 2. The predicted molar refractivity (Wildman–Crippen MR) is 128 cm³/mol. The van der Waals surface area contributed by atoms with Crippen LogP contribution in [-0.2, 0) is 11.8 Å². The largest absolute Gasteiger partial charge is 0.481 e. The van der Waals surface area contributed by atoms with Crippen molar-refractivity contribution < 1.29 is 24.5 Å². The molecule has 0 saturated heterocycles. The van der Waals surface area contributed by atoms with Gasteiger partial charge in [-0.25, -0.2) is 19.0 Å². The zero-order valence-electron chi connectivity index (χ0n) is 20.0. The molecule has 1 unspecified atom stereocenters. The number of hydrogen-bond donors (Lipinski definition) is 3. The van der Waals surface area contributed by atoms with Crippen molar-refractivity contribution in [1.29, 1.82) is 0 Å². The quantitative estimate of drug-likeness (QED) is 0.396. The third-order valence-electron chi connectivity index (χ3n) is 5.32. The minimum Gasteiger partial charge on any atom is -0.481 e. The standard InChI is InChI=1S/C24H29FN6O4/c1-14(2)21-19(10-9-17(32)11-18(33)12-20(34)35)22(15-5-7-16(25)8-6-15)29-23(28-21)30(3)24-26-13-27-31(24)4/h5-10,13-14,17-18,32-33H,11-12H2,1-4H3,(H,34,35)/b10-9+/t17-,18?/m1/s1. The minimum absolute atomic E-state index is 0.0433. The first-order valence-electron chi connectivity index (χ1n) is 11.1. The molecule has 186 valence electrons. The number of aliphatic carboxylic acids is 1. The van der Waals surface area contributed by atoms with E-state index in [1.54, 1.807) is 41.9 Å². The van der Waals surface area contributed by atoms with Crippen molar-refractivity contribution in [2.45, 2.75) is 44.8 Å². The normalized spacial score (nSPS) is 13.4. The smallest absolute Gasteiger partial charge is 0.305 e. The molecule has 1 aromatic carbocycles. The number of rotatable bonds is 10. The minimum atomic E-state index is -1.19. The fourth-order valence-corrected chi connectivity index (χ4v) is 3.59. The molecule has 0 aliphatic rings. The van der Waals surface area contributed by atoms with Gasteiger partial charge in [-0.15, -0.1) is 0 Å². The van der Waals surface area contributed by atoms with E-state index in [0.29, 0.717) is 34.4 Å². The Morgan fingerprint density at radius 1 is 1.20 bits per heavy atom. The molecule has 2 aromatic heterocycles. The van der Waals surface area contributed by atoms with Crippen LogP contribution < -0.4 is 4.90 Å². The molecule has 0 fully saturated rings. The summed E-state index contributed by atoms with van der Waals surface area (Å²) in [4.78, 5) is 26.2. The Morgan fingerprint density at radius 3 is 2.46 bits per heavy atom. The second-order valence-corrected chi connectivity index (χ2v) is 8.49. The molecule has 3 N–H and O–H groups in total. The van der Waals surface area contributed by atoms with E-state index in [0.717, 1.165) is 0 Å². The highest BCUT2D eigenvalue weighted by atomic mass is 19.1. The molecule has 0 amide bonds. The molecule has 0 aliphatic heterocycles. The van der Waals surface area contributed by atoms with E-state index in [2.05, 4.69) is 10.1 Å². The lowest BCUT2D eigenvalue weighted by Gasteiger charge is -2.21. The van der Waals surface area contributed by atoms with Gasteiger partial charge in [-0.2, -0.15) is 10.1 Å². The number of carboxylic acid groups (broad SMARTS) is 1. The topological polar surface area (TPSA) is 137 Å². The zero-order valence-corrected chi connectivity index (χ0v) is 20.0. The maximum Gasteiger partial charge on any atom is 0.305 e. The molecule has 2 heterocycles. The van der Waals surface area contributed by atoms with Crippen molar-refractivity contribution in [1.82, 2.24) is 24.7 Å². The van der Waals surface area contributed by atoms with Crippen molar-refractivity contribution >= 4 is 23.9 Å². The number of aromatic nitrogens is 5. The Kier molecular flexibility index (Phi) is 8.26. The van der Waals surface area contributed by atoms with Gasteiger partial charge in [0.2, 0.25) is 11.9 Å². The molecular weight excluding hydrogens is 455 g/mol. The molecule has 10 nitrogen and oxygen atoms in total. The summed E-state index contributed by atoms with van der Waals surface area (Å²) in [7, 11) is 3.52. The zero-order chi connectivity index (χ0) is 25.7. The van der Waals surface area contributed by atoms with Crippen molar-refractivity contribution in [3.8, 4) is 11.3 Å². The van der Waals surface area contributed by atoms with Gasteiger partial charge in [-0.3, -0.25) is 9.69 Å². The van der Waals surface area contributed by atoms with Crippen LogP contribution in [0.5, 0.6) is 0 Å². The summed E-state index contributed by atoms with van der Waals surface area (Å²) in [5.41, 5.74) is 2.46. The molecule has 3 aromatic rings. The number of aryl methyl sites for hydroxylation is 1. The number of halogens is 1. The first-order valence-corrected chi connectivity index (χ1v) is 11.1. The lowest BCUT2D eigenvalue weighted by molar-refractivity contribution is -0.139.